The Morgan fingerprint density at radius 3 is 2.90 bits per heavy atom. The van der Waals surface area contributed by atoms with Crippen molar-refractivity contribution in [3.8, 4) is 11.4 Å². The monoisotopic (exact) mass is 310 g/mol. The number of aliphatic carboxylic acids is 1. The van der Waals surface area contributed by atoms with Crippen molar-refractivity contribution in [3.05, 3.63) is 40.1 Å². The second kappa shape index (κ2) is 5.11. The zero-order chi connectivity index (χ0) is 14.3. The Hall–Kier alpha value is -1.52. The molecular weight excluding hydrogens is 299 g/mol. The zero-order valence-corrected chi connectivity index (χ0v) is 12.0. The molecule has 0 aliphatic carbocycles. The predicted molar refractivity (Wildman–Crippen MR) is 77.1 cm³/mol. The van der Waals surface area contributed by atoms with Gasteiger partial charge in [0.05, 0.1) is 11.6 Å². The molecule has 0 spiro atoms. The molecule has 0 fully saturated rings. The number of imidazole rings is 1. The summed E-state index contributed by atoms with van der Waals surface area (Å²) in [6, 6.07) is 7.40. The minimum absolute atomic E-state index is 0.380. The molecule has 1 unspecified atom stereocenters. The number of hydrogen-bond donors (Lipinski definition) is 1. The van der Waals surface area contributed by atoms with Crippen LogP contribution in [0.25, 0.3) is 11.4 Å². The van der Waals surface area contributed by atoms with E-state index in [1.807, 2.05) is 22.8 Å². The van der Waals surface area contributed by atoms with Gasteiger partial charge in [0.2, 0.25) is 0 Å². The van der Waals surface area contributed by atoms with Gasteiger partial charge in [0.15, 0.2) is 5.15 Å². The maximum atomic E-state index is 11.1. The van der Waals surface area contributed by atoms with Gasteiger partial charge in [-0.15, -0.1) is 0 Å². The number of aromatic nitrogens is 2. The van der Waals surface area contributed by atoms with Gasteiger partial charge in [-0.25, -0.2) is 4.98 Å². The molecule has 0 saturated heterocycles. The van der Waals surface area contributed by atoms with E-state index >= 15 is 0 Å². The van der Waals surface area contributed by atoms with Crippen molar-refractivity contribution in [2.75, 3.05) is 0 Å². The van der Waals surface area contributed by atoms with Gasteiger partial charge in [-0.2, -0.15) is 0 Å². The van der Waals surface area contributed by atoms with E-state index < -0.39 is 5.97 Å². The van der Waals surface area contributed by atoms with Crippen molar-refractivity contribution in [2.45, 2.75) is 19.4 Å². The van der Waals surface area contributed by atoms with E-state index in [-0.39, 0.29) is 5.92 Å². The van der Waals surface area contributed by atoms with Crippen LogP contribution in [0.5, 0.6) is 0 Å². The third-order valence-electron chi connectivity index (χ3n) is 3.60. The molecule has 0 radical (unpaired) electrons. The number of carboxylic acid groups (broad SMARTS) is 1. The van der Waals surface area contributed by atoms with Crippen LogP contribution in [0.2, 0.25) is 10.2 Å². The molecule has 6 heteroatoms. The van der Waals surface area contributed by atoms with Gasteiger partial charge in [0.25, 0.3) is 0 Å². The Labute approximate surface area is 126 Å². The maximum absolute atomic E-state index is 11.1. The molecular formula is C14H12Cl2N2O2. The predicted octanol–water partition coefficient (Wildman–Crippen LogP) is 3.50. The molecule has 1 aromatic heterocycles. The van der Waals surface area contributed by atoms with Crippen LogP contribution in [0, 0.1) is 5.92 Å². The number of carbonyl (C=O) groups is 1. The number of benzene rings is 1. The van der Waals surface area contributed by atoms with Gasteiger partial charge in [-0.3, -0.25) is 4.79 Å². The highest BCUT2D eigenvalue weighted by atomic mass is 35.5. The zero-order valence-electron chi connectivity index (χ0n) is 10.5. The largest absolute Gasteiger partial charge is 0.481 e. The first-order valence-corrected chi connectivity index (χ1v) is 7.05. The fourth-order valence-corrected chi connectivity index (χ4v) is 3.02. The number of hydrogen-bond acceptors (Lipinski definition) is 2. The van der Waals surface area contributed by atoms with Crippen molar-refractivity contribution >= 4 is 29.2 Å². The molecule has 1 aliphatic rings. The molecule has 2 aromatic rings. The van der Waals surface area contributed by atoms with Crippen molar-refractivity contribution in [1.82, 2.24) is 9.55 Å². The third kappa shape index (κ3) is 2.30. The van der Waals surface area contributed by atoms with Crippen LogP contribution in [-0.2, 0) is 17.8 Å². The fourth-order valence-electron chi connectivity index (χ4n) is 2.57. The first kappa shape index (κ1) is 13.5. The second-order valence-electron chi connectivity index (χ2n) is 4.86. The van der Waals surface area contributed by atoms with Crippen LogP contribution in [0.1, 0.15) is 12.1 Å². The minimum atomic E-state index is -0.780. The Balaban J connectivity index is 2.04. The summed E-state index contributed by atoms with van der Waals surface area (Å²) in [5.41, 5.74) is 1.68. The lowest BCUT2D eigenvalue weighted by molar-refractivity contribution is -0.142. The maximum Gasteiger partial charge on any atom is 0.306 e. The summed E-state index contributed by atoms with van der Waals surface area (Å²) in [5, 5.41) is 10.1. The highest BCUT2D eigenvalue weighted by Gasteiger charge is 2.29. The quantitative estimate of drug-likeness (QED) is 0.923. The van der Waals surface area contributed by atoms with E-state index in [0.29, 0.717) is 29.6 Å². The Morgan fingerprint density at radius 1 is 1.40 bits per heavy atom. The Kier molecular flexibility index (Phi) is 3.44. The molecule has 2 heterocycles. The van der Waals surface area contributed by atoms with Crippen LogP contribution < -0.4 is 0 Å². The number of fused-ring (bicyclic) bond motifs is 1. The number of halogens is 2. The SMILES string of the molecule is O=C(O)C1CCn2c(-c3cccc(Cl)c3)nc(Cl)c2C1. The minimum Gasteiger partial charge on any atom is -0.481 e. The van der Waals surface area contributed by atoms with Gasteiger partial charge >= 0.3 is 5.97 Å². The summed E-state index contributed by atoms with van der Waals surface area (Å²) in [6.45, 7) is 0.605. The Morgan fingerprint density at radius 2 is 2.20 bits per heavy atom. The first-order valence-electron chi connectivity index (χ1n) is 6.30. The fraction of sp³-hybridized carbons (Fsp3) is 0.286. The highest BCUT2D eigenvalue weighted by Crippen LogP contribution is 2.32. The number of nitrogens with zero attached hydrogens (tertiary/aromatic N) is 2. The molecule has 0 amide bonds. The van der Waals surface area contributed by atoms with Gasteiger partial charge in [-0.05, 0) is 18.6 Å². The van der Waals surface area contributed by atoms with Gasteiger partial charge in [-0.1, -0.05) is 35.3 Å². The van der Waals surface area contributed by atoms with E-state index in [0.717, 1.165) is 17.1 Å². The van der Waals surface area contributed by atoms with Crippen LogP contribution in [0.3, 0.4) is 0 Å². The number of rotatable bonds is 2. The number of carboxylic acids is 1. The lowest BCUT2D eigenvalue weighted by Crippen LogP contribution is -2.25. The summed E-state index contributed by atoms with van der Waals surface area (Å²) >= 11 is 12.2. The summed E-state index contributed by atoms with van der Waals surface area (Å²) in [4.78, 5) is 15.5. The summed E-state index contributed by atoms with van der Waals surface area (Å²) < 4.78 is 1.99. The highest BCUT2D eigenvalue weighted by molar-refractivity contribution is 6.31. The first-order chi connectivity index (χ1) is 9.56. The molecule has 1 N–H and O–H groups in total. The van der Waals surface area contributed by atoms with Crippen LogP contribution in [-0.4, -0.2) is 20.6 Å². The molecule has 0 saturated carbocycles. The van der Waals surface area contributed by atoms with E-state index in [9.17, 15) is 4.79 Å². The lowest BCUT2D eigenvalue weighted by Gasteiger charge is -2.22. The average Bonchev–Trinajstić information content (AvgIpc) is 2.76. The lowest BCUT2D eigenvalue weighted by atomic mass is 9.96. The Bertz CT molecular complexity index is 682. The summed E-state index contributed by atoms with van der Waals surface area (Å²) in [6.07, 6.45) is 1.00. The second-order valence-corrected chi connectivity index (χ2v) is 5.66. The standard InChI is InChI=1S/C14H12Cl2N2O2/c15-10-3-1-2-8(6-10)13-17-12(16)11-7-9(14(19)20)4-5-18(11)13/h1-3,6,9H,4-5,7H2,(H,19,20). The average molecular weight is 311 g/mol. The van der Waals surface area contributed by atoms with Crippen molar-refractivity contribution < 1.29 is 9.90 Å². The van der Waals surface area contributed by atoms with E-state index in [2.05, 4.69) is 4.98 Å². The molecule has 1 aliphatic heterocycles. The molecule has 104 valence electrons. The van der Waals surface area contributed by atoms with Crippen molar-refractivity contribution in [1.29, 1.82) is 0 Å². The van der Waals surface area contributed by atoms with Crippen molar-refractivity contribution in [3.63, 3.8) is 0 Å². The summed E-state index contributed by atoms with van der Waals surface area (Å²) in [5.74, 6) is -0.418. The molecule has 3 rings (SSSR count). The summed E-state index contributed by atoms with van der Waals surface area (Å²) in [7, 11) is 0. The van der Waals surface area contributed by atoms with Crippen molar-refractivity contribution in [2.24, 2.45) is 5.92 Å². The molecule has 4 nitrogen and oxygen atoms in total. The molecule has 1 aromatic carbocycles. The van der Waals surface area contributed by atoms with Gasteiger partial charge in [0, 0.05) is 23.6 Å². The van der Waals surface area contributed by atoms with Gasteiger partial charge in [0.1, 0.15) is 5.82 Å². The van der Waals surface area contributed by atoms with Crippen LogP contribution in [0.15, 0.2) is 24.3 Å². The third-order valence-corrected chi connectivity index (χ3v) is 4.13. The van der Waals surface area contributed by atoms with Crippen LogP contribution >= 0.6 is 23.2 Å². The van der Waals surface area contributed by atoms with E-state index in [4.69, 9.17) is 28.3 Å². The normalized spacial score (nSPS) is 17.8. The molecule has 0 bridgehead atoms. The van der Waals surface area contributed by atoms with Gasteiger partial charge < -0.3 is 9.67 Å². The van der Waals surface area contributed by atoms with Crippen LogP contribution in [0.4, 0.5) is 0 Å². The van der Waals surface area contributed by atoms with E-state index in [1.54, 1.807) is 6.07 Å². The topological polar surface area (TPSA) is 55.1 Å². The molecule has 20 heavy (non-hydrogen) atoms. The molecule has 1 atom stereocenters. The smallest absolute Gasteiger partial charge is 0.306 e. The van der Waals surface area contributed by atoms with E-state index in [1.165, 1.54) is 0 Å².